The van der Waals surface area contributed by atoms with Crippen molar-refractivity contribution in [3.8, 4) is 0 Å². The van der Waals surface area contributed by atoms with Crippen LogP contribution in [0.3, 0.4) is 0 Å². The Labute approximate surface area is 198 Å². The zero-order valence-electron chi connectivity index (χ0n) is 19.0. The number of Topliss-reactive ketones (excluding diaryl/α,β-unsaturated/α-hetero) is 1. The molecular weight excluding hydrogens is 424 g/mol. The van der Waals surface area contributed by atoms with Crippen molar-refractivity contribution in [2.75, 3.05) is 4.90 Å². The Balaban J connectivity index is 1.69. The number of nitrogens with two attached hydrogens (primary N) is 1. The van der Waals surface area contributed by atoms with Crippen molar-refractivity contribution in [2.24, 2.45) is 5.73 Å². The summed E-state index contributed by atoms with van der Waals surface area (Å²) in [5.41, 5.74) is 10.9. The standard InChI is InChI=1S/C29H26N2O3/c1-18-11-13-20(14-12-18)23-17-27(33)31(24-10-6-5-9-22(24)29(30)34)25-15-21(16-26(32)28(23)25)19-7-3-2-4-8-19/h2-14,21,23H,15-17H2,1H3,(H2,30,34). The molecule has 5 rings (SSSR count). The lowest BCUT2D eigenvalue weighted by atomic mass is 9.72. The van der Waals surface area contributed by atoms with E-state index in [1.165, 1.54) is 0 Å². The molecule has 3 aromatic rings. The zero-order chi connectivity index (χ0) is 23.8. The number of hydrogen-bond acceptors (Lipinski definition) is 3. The summed E-state index contributed by atoms with van der Waals surface area (Å²) in [6.07, 6.45) is 1.09. The number of primary amides is 1. The van der Waals surface area contributed by atoms with Crippen LogP contribution in [-0.4, -0.2) is 17.6 Å². The van der Waals surface area contributed by atoms with Gasteiger partial charge in [-0.25, -0.2) is 0 Å². The number of rotatable bonds is 4. The fourth-order valence-electron chi connectivity index (χ4n) is 5.24. The van der Waals surface area contributed by atoms with Crippen LogP contribution >= 0.6 is 0 Å². The van der Waals surface area contributed by atoms with Crippen LogP contribution in [0.5, 0.6) is 0 Å². The van der Waals surface area contributed by atoms with E-state index in [-0.39, 0.29) is 35.5 Å². The molecule has 170 valence electrons. The molecule has 1 aliphatic carbocycles. The molecule has 34 heavy (non-hydrogen) atoms. The van der Waals surface area contributed by atoms with Gasteiger partial charge >= 0.3 is 0 Å². The topological polar surface area (TPSA) is 80.5 Å². The maximum Gasteiger partial charge on any atom is 0.250 e. The second kappa shape index (κ2) is 8.75. The molecule has 1 aliphatic heterocycles. The molecule has 2 aliphatic rings. The van der Waals surface area contributed by atoms with Crippen molar-refractivity contribution in [2.45, 2.75) is 38.0 Å². The second-order valence-electron chi connectivity index (χ2n) is 9.08. The number of anilines is 1. The Morgan fingerprint density at radius 2 is 1.50 bits per heavy atom. The van der Waals surface area contributed by atoms with Gasteiger partial charge in [0.25, 0.3) is 5.91 Å². The van der Waals surface area contributed by atoms with Crippen molar-refractivity contribution >= 4 is 23.3 Å². The third-order valence-corrected chi connectivity index (χ3v) is 6.89. The number of hydrogen-bond donors (Lipinski definition) is 1. The first-order chi connectivity index (χ1) is 16.4. The molecule has 0 saturated heterocycles. The molecule has 0 saturated carbocycles. The van der Waals surface area contributed by atoms with E-state index in [9.17, 15) is 14.4 Å². The second-order valence-corrected chi connectivity index (χ2v) is 9.08. The minimum absolute atomic E-state index is 0.0414. The number of benzene rings is 3. The predicted molar refractivity (Wildman–Crippen MR) is 131 cm³/mol. The van der Waals surface area contributed by atoms with Gasteiger partial charge in [0.2, 0.25) is 5.91 Å². The zero-order valence-corrected chi connectivity index (χ0v) is 19.0. The first kappa shape index (κ1) is 21.8. The summed E-state index contributed by atoms with van der Waals surface area (Å²) in [5, 5.41) is 0. The summed E-state index contributed by atoms with van der Waals surface area (Å²) in [6, 6.07) is 24.8. The van der Waals surface area contributed by atoms with Crippen molar-refractivity contribution < 1.29 is 14.4 Å². The van der Waals surface area contributed by atoms with E-state index in [4.69, 9.17) is 5.73 Å². The van der Waals surface area contributed by atoms with Gasteiger partial charge < -0.3 is 5.73 Å². The largest absolute Gasteiger partial charge is 0.366 e. The molecular formula is C29H26N2O3. The van der Waals surface area contributed by atoms with E-state index in [1.807, 2.05) is 61.5 Å². The number of ketones is 1. The third-order valence-electron chi connectivity index (χ3n) is 6.89. The van der Waals surface area contributed by atoms with Crippen LogP contribution in [0.2, 0.25) is 0 Å². The number of nitrogens with zero attached hydrogens (tertiary/aromatic N) is 1. The Bertz CT molecular complexity index is 1310. The third kappa shape index (κ3) is 3.83. The SMILES string of the molecule is Cc1ccc(C2CC(=O)N(c3ccccc3C(N)=O)C3=C2C(=O)CC(c2ccccc2)C3)cc1. The number of allylic oxidation sites excluding steroid dienone is 2. The molecule has 0 spiro atoms. The monoisotopic (exact) mass is 450 g/mol. The van der Waals surface area contributed by atoms with Gasteiger partial charge in [-0.1, -0.05) is 72.3 Å². The van der Waals surface area contributed by atoms with Gasteiger partial charge in [-0.05, 0) is 42.5 Å². The van der Waals surface area contributed by atoms with Crippen LogP contribution in [0.25, 0.3) is 0 Å². The highest BCUT2D eigenvalue weighted by atomic mass is 16.2. The first-order valence-electron chi connectivity index (χ1n) is 11.5. The lowest BCUT2D eigenvalue weighted by Gasteiger charge is -2.41. The van der Waals surface area contributed by atoms with E-state index in [1.54, 1.807) is 29.2 Å². The van der Waals surface area contributed by atoms with E-state index in [2.05, 4.69) is 0 Å². The van der Waals surface area contributed by atoms with Crippen molar-refractivity contribution in [1.29, 1.82) is 0 Å². The molecule has 3 aromatic carbocycles. The van der Waals surface area contributed by atoms with Crippen LogP contribution in [0.15, 0.2) is 90.1 Å². The Kier molecular flexibility index (Phi) is 5.62. The molecule has 5 heteroatoms. The van der Waals surface area contributed by atoms with Crippen molar-refractivity contribution in [3.05, 3.63) is 112 Å². The van der Waals surface area contributed by atoms with Crippen LogP contribution in [-0.2, 0) is 9.59 Å². The summed E-state index contributed by atoms with van der Waals surface area (Å²) in [4.78, 5) is 41.1. The highest BCUT2D eigenvalue weighted by Crippen LogP contribution is 2.47. The van der Waals surface area contributed by atoms with Crippen LogP contribution in [0.1, 0.15) is 58.1 Å². The number of aryl methyl sites for hydroxylation is 1. The predicted octanol–water partition coefficient (Wildman–Crippen LogP) is 5.02. The summed E-state index contributed by atoms with van der Waals surface area (Å²) in [7, 11) is 0. The van der Waals surface area contributed by atoms with E-state index < -0.39 is 5.91 Å². The first-order valence-corrected chi connectivity index (χ1v) is 11.5. The molecule has 0 fully saturated rings. The van der Waals surface area contributed by atoms with E-state index >= 15 is 0 Å². The molecule has 2 N–H and O–H groups in total. The maximum atomic E-state index is 13.7. The fraction of sp³-hybridized carbons (Fsp3) is 0.207. The minimum atomic E-state index is -0.604. The van der Waals surface area contributed by atoms with E-state index in [0.29, 0.717) is 29.8 Å². The molecule has 0 radical (unpaired) electrons. The highest BCUT2D eigenvalue weighted by molar-refractivity contribution is 6.11. The lowest BCUT2D eigenvalue weighted by Crippen LogP contribution is -2.42. The molecule has 5 nitrogen and oxygen atoms in total. The Hall–Kier alpha value is -3.99. The Morgan fingerprint density at radius 3 is 2.21 bits per heavy atom. The summed E-state index contributed by atoms with van der Waals surface area (Å²) in [6.45, 7) is 2.01. The number of para-hydroxylation sites is 1. The molecule has 2 atom stereocenters. The van der Waals surface area contributed by atoms with Gasteiger partial charge in [-0.3, -0.25) is 19.3 Å². The molecule has 2 unspecified atom stereocenters. The summed E-state index contributed by atoms with van der Waals surface area (Å²) >= 11 is 0. The van der Waals surface area contributed by atoms with Crippen LogP contribution < -0.4 is 10.6 Å². The van der Waals surface area contributed by atoms with Gasteiger partial charge in [0.1, 0.15) is 0 Å². The number of carbonyl (C=O) groups excluding carboxylic acids is 3. The molecule has 0 aromatic heterocycles. The Morgan fingerprint density at radius 1 is 0.824 bits per heavy atom. The average Bonchev–Trinajstić information content (AvgIpc) is 2.84. The molecule has 1 heterocycles. The van der Waals surface area contributed by atoms with Crippen molar-refractivity contribution in [3.63, 3.8) is 0 Å². The van der Waals surface area contributed by atoms with Gasteiger partial charge in [0.15, 0.2) is 5.78 Å². The minimum Gasteiger partial charge on any atom is -0.366 e. The average molecular weight is 451 g/mol. The summed E-state index contributed by atoms with van der Waals surface area (Å²) in [5.74, 6) is -1.04. The van der Waals surface area contributed by atoms with Crippen molar-refractivity contribution in [1.82, 2.24) is 0 Å². The van der Waals surface area contributed by atoms with E-state index in [0.717, 1.165) is 16.7 Å². The van der Waals surface area contributed by atoms with Crippen LogP contribution in [0, 0.1) is 6.92 Å². The van der Waals surface area contributed by atoms with Crippen LogP contribution in [0.4, 0.5) is 5.69 Å². The summed E-state index contributed by atoms with van der Waals surface area (Å²) < 4.78 is 0. The fourth-order valence-corrected chi connectivity index (χ4v) is 5.24. The number of amides is 2. The normalized spacial score (nSPS) is 20.3. The molecule has 0 bridgehead atoms. The van der Waals surface area contributed by atoms with Gasteiger partial charge in [-0.2, -0.15) is 0 Å². The number of carbonyl (C=O) groups is 3. The molecule has 2 amide bonds. The lowest BCUT2D eigenvalue weighted by molar-refractivity contribution is -0.120. The quantitative estimate of drug-likeness (QED) is 0.606. The van der Waals surface area contributed by atoms with Gasteiger partial charge in [-0.15, -0.1) is 0 Å². The van der Waals surface area contributed by atoms with Gasteiger partial charge in [0, 0.05) is 30.0 Å². The van der Waals surface area contributed by atoms with Gasteiger partial charge in [0.05, 0.1) is 11.3 Å². The smallest absolute Gasteiger partial charge is 0.250 e. The maximum absolute atomic E-state index is 13.7. The highest BCUT2D eigenvalue weighted by Gasteiger charge is 2.43.